The molecule has 1 fully saturated rings. The molecule has 0 saturated carbocycles. The van der Waals surface area contributed by atoms with Gasteiger partial charge in [-0.25, -0.2) is 0 Å². The van der Waals surface area contributed by atoms with Gasteiger partial charge in [0.25, 0.3) is 0 Å². The molecule has 0 N–H and O–H groups in total. The number of nitrogens with zero attached hydrogens (tertiary/aromatic N) is 2. The van der Waals surface area contributed by atoms with Crippen molar-refractivity contribution in [2.45, 2.75) is 13.3 Å². The summed E-state index contributed by atoms with van der Waals surface area (Å²) in [7, 11) is 1.94. The zero-order valence-electron chi connectivity index (χ0n) is 17.3. The Balaban J connectivity index is 1.88. The van der Waals surface area contributed by atoms with Crippen LogP contribution in [0.15, 0.2) is 115 Å². The lowest BCUT2D eigenvalue weighted by atomic mass is 9.75. The van der Waals surface area contributed by atoms with E-state index >= 15 is 0 Å². The third kappa shape index (κ3) is 4.09. The highest BCUT2D eigenvalue weighted by molar-refractivity contribution is 6.00. The third-order valence-corrected chi connectivity index (χ3v) is 5.72. The van der Waals surface area contributed by atoms with Crippen molar-refractivity contribution in [1.82, 2.24) is 9.80 Å². The number of rotatable bonds is 5. The van der Waals surface area contributed by atoms with Gasteiger partial charge in [0.05, 0.1) is 12.0 Å². The van der Waals surface area contributed by atoms with Crippen molar-refractivity contribution < 1.29 is 4.79 Å². The fraction of sp³-hybridized carbons (Fsp3) is 0.192. The lowest BCUT2D eigenvalue weighted by Gasteiger charge is -2.51. The SMILES string of the molecule is C=C1N(C)C(=C)[C@](C)(Cc2ccccc2)C(=C)N1CC(=O)C1=C/C=C\C=C/C=C\1. The Bertz CT molecular complexity index is 962. The molecule has 1 heterocycles. The highest BCUT2D eigenvalue weighted by Crippen LogP contribution is 2.46. The topological polar surface area (TPSA) is 23.6 Å². The average Bonchev–Trinajstić information content (AvgIpc) is 2.69. The first kappa shape index (κ1) is 20.4. The molecule has 1 aliphatic heterocycles. The fourth-order valence-corrected chi connectivity index (χ4v) is 3.71. The monoisotopic (exact) mass is 384 g/mol. The second kappa shape index (κ2) is 8.36. The Morgan fingerprint density at radius 3 is 2.34 bits per heavy atom. The van der Waals surface area contributed by atoms with Crippen LogP contribution in [0.3, 0.4) is 0 Å². The molecule has 0 spiro atoms. The molecule has 3 rings (SSSR count). The van der Waals surface area contributed by atoms with Crippen molar-refractivity contribution in [3.05, 3.63) is 121 Å². The van der Waals surface area contributed by atoms with Gasteiger partial charge in [0.2, 0.25) is 0 Å². The number of carbonyl (C=O) groups is 1. The Hall–Kier alpha value is -3.33. The van der Waals surface area contributed by atoms with E-state index in [1.165, 1.54) is 5.56 Å². The summed E-state index contributed by atoms with van der Waals surface area (Å²) in [5.74, 6) is 0.733. The van der Waals surface area contributed by atoms with E-state index in [4.69, 9.17) is 0 Å². The molecule has 0 radical (unpaired) electrons. The van der Waals surface area contributed by atoms with E-state index in [2.05, 4.69) is 38.8 Å². The first-order valence-electron chi connectivity index (χ1n) is 9.72. The quantitative estimate of drug-likeness (QED) is 0.701. The van der Waals surface area contributed by atoms with Crippen LogP contribution < -0.4 is 0 Å². The van der Waals surface area contributed by atoms with Gasteiger partial charge in [0.15, 0.2) is 5.78 Å². The molecule has 0 bridgehead atoms. The molecule has 1 aliphatic carbocycles. The number of carbonyl (C=O) groups excluding carboxylic acids is 1. The van der Waals surface area contributed by atoms with Crippen LogP contribution in [-0.2, 0) is 11.2 Å². The second-order valence-electron chi connectivity index (χ2n) is 7.62. The average molecular weight is 385 g/mol. The molecule has 3 heteroatoms. The molecular weight excluding hydrogens is 356 g/mol. The highest BCUT2D eigenvalue weighted by atomic mass is 16.1. The maximum Gasteiger partial charge on any atom is 0.182 e. The van der Waals surface area contributed by atoms with Gasteiger partial charge in [-0.2, -0.15) is 0 Å². The van der Waals surface area contributed by atoms with Gasteiger partial charge in [-0.1, -0.05) is 92.6 Å². The van der Waals surface area contributed by atoms with Crippen LogP contribution in [-0.4, -0.2) is 29.2 Å². The molecule has 2 aliphatic rings. The molecule has 0 unspecified atom stereocenters. The zero-order valence-corrected chi connectivity index (χ0v) is 17.3. The van der Waals surface area contributed by atoms with E-state index in [1.807, 2.05) is 77.6 Å². The number of hydrogen-bond donors (Lipinski definition) is 0. The van der Waals surface area contributed by atoms with E-state index in [9.17, 15) is 4.79 Å². The third-order valence-electron chi connectivity index (χ3n) is 5.72. The minimum absolute atomic E-state index is 0.0199. The number of hydrogen-bond acceptors (Lipinski definition) is 3. The molecule has 1 aromatic carbocycles. The Morgan fingerprint density at radius 1 is 0.966 bits per heavy atom. The van der Waals surface area contributed by atoms with Crippen molar-refractivity contribution in [3.63, 3.8) is 0 Å². The summed E-state index contributed by atoms with van der Waals surface area (Å²) in [6.45, 7) is 15.2. The molecular formula is C26H28N2O. The van der Waals surface area contributed by atoms with Gasteiger partial charge in [-0.15, -0.1) is 0 Å². The molecule has 148 valence electrons. The van der Waals surface area contributed by atoms with Crippen LogP contribution in [0.1, 0.15) is 12.5 Å². The number of Topliss-reactive ketones (excluding diaryl/α,β-unsaturated/α-hetero) is 1. The van der Waals surface area contributed by atoms with E-state index in [0.29, 0.717) is 11.4 Å². The van der Waals surface area contributed by atoms with Crippen LogP contribution in [0.25, 0.3) is 0 Å². The van der Waals surface area contributed by atoms with E-state index < -0.39 is 5.41 Å². The van der Waals surface area contributed by atoms with E-state index in [1.54, 1.807) is 0 Å². The summed E-state index contributed by atoms with van der Waals surface area (Å²) in [5, 5.41) is 0. The van der Waals surface area contributed by atoms with Gasteiger partial charge in [-0.05, 0) is 18.9 Å². The van der Waals surface area contributed by atoms with Crippen molar-refractivity contribution in [3.8, 4) is 0 Å². The van der Waals surface area contributed by atoms with Gasteiger partial charge in [-0.3, -0.25) is 4.79 Å². The largest absolute Gasteiger partial charge is 0.335 e. The van der Waals surface area contributed by atoms with Crippen LogP contribution >= 0.6 is 0 Å². The Morgan fingerprint density at radius 2 is 1.62 bits per heavy atom. The summed E-state index contributed by atoms with van der Waals surface area (Å²) >= 11 is 0. The summed E-state index contributed by atoms with van der Waals surface area (Å²) in [5.41, 5.74) is 3.22. The maximum absolute atomic E-state index is 13.0. The number of allylic oxidation sites excluding steroid dienone is 7. The predicted molar refractivity (Wildman–Crippen MR) is 121 cm³/mol. The summed E-state index contributed by atoms with van der Waals surface area (Å²) in [6, 6.07) is 10.3. The zero-order chi connectivity index (χ0) is 21.0. The number of ketones is 1. The normalized spacial score (nSPS) is 27.0. The molecule has 1 saturated heterocycles. The standard InChI is InChI=1S/C26H28N2O/c1-20-26(4,18-23-14-10-9-11-15-23)21(2)28(22(3)27(20)5)19-25(29)24-16-12-7-6-8-13-17-24/h6-17H,1-3,18-19H2,4-5H3/b7-6-,8-6?,12-7?,13-8-,16-12-,17-13?,24-16?,24-17+/t26-/m0/s1. The molecule has 3 nitrogen and oxygen atoms in total. The lowest BCUT2D eigenvalue weighted by molar-refractivity contribution is -0.116. The first-order chi connectivity index (χ1) is 13.8. The molecule has 0 aromatic heterocycles. The molecule has 0 amide bonds. The van der Waals surface area contributed by atoms with E-state index in [0.717, 1.165) is 17.8 Å². The second-order valence-corrected chi connectivity index (χ2v) is 7.62. The molecule has 1 aromatic rings. The van der Waals surface area contributed by atoms with Gasteiger partial charge < -0.3 is 9.80 Å². The summed E-state index contributed by atoms with van der Waals surface area (Å²) in [4.78, 5) is 16.9. The number of benzene rings is 1. The van der Waals surface area contributed by atoms with E-state index in [-0.39, 0.29) is 12.3 Å². The Labute approximate surface area is 174 Å². The van der Waals surface area contributed by atoms with Crippen molar-refractivity contribution >= 4 is 5.78 Å². The van der Waals surface area contributed by atoms with Gasteiger partial charge in [0.1, 0.15) is 5.82 Å². The van der Waals surface area contributed by atoms with Crippen LogP contribution in [0, 0.1) is 5.41 Å². The maximum atomic E-state index is 13.0. The summed E-state index contributed by atoms with van der Waals surface area (Å²) in [6.07, 6.45) is 13.9. The van der Waals surface area contributed by atoms with Gasteiger partial charge >= 0.3 is 0 Å². The smallest absolute Gasteiger partial charge is 0.182 e. The van der Waals surface area contributed by atoms with Crippen molar-refractivity contribution in [2.24, 2.45) is 5.41 Å². The molecule has 1 atom stereocenters. The lowest BCUT2D eigenvalue weighted by Crippen LogP contribution is -2.49. The van der Waals surface area contributed by atoms with Crippen molar-refractivity contribution in [2.75, 3.05) is 13.6 Å². The Kier molecular flexibility index (Phi) is 5.88. The van der Waals surface area contributed by atoms with Gasteiger partial charge in [0, 0.05) is 24.0 Å². The fourth-order valence-electron chi connectivity index (χ4n) is 3.71. The van der Waals surface area contributed by atoms with Crippen molar-refractivity contribution in [1.29, 1.82) is 0 Å². The van der Waals surface area contributed by atoms with Crippen LogP contribution in [0.5, 0.6) is 0 Å². The first-order valence-corrected chi connectivity index (χ1v) is 9.72. The minimum Gasteiger partial charge on any atom is -0.335 e. The highest BCUT2D eigenvalue weighted by Gasteiger charge is 2.42. The van der Waals surface area contributed by atoms with Crippen LogP contribution in [0.4, 0.5) is 0 Å². The van der Waals surface area contributed by atoms with Crippen LogP contribution in [0.2, 0.25) is 0 Å². The molecule has 29 heavy (non-hydrogen) atoms. The minimum atomic E-state index is -0.411. The predicted octanol–water partition coefficient (Wildman–Crippen LogP) is 5.16. The summed E-state index contributed by atoms with van der Waals surface area (Å²) < 4.78 is 0.